The monoisotopic (exact) mass is 174 g/mol. The minimum atomic E-state index is -1.58. The number of rotatable bonds is 3. The van der Waals surface area contributed by atoms with Crippen molar-refractivity contribution in [3.05, 3.63) is 0 Å². The van der Waals surface area contributed by atoms with Gasteiger partial charge in [0.25, 0.3) is 0 Å². The van der Waals surface area contributed by atoms with Crippen LogP contribution in [0.25, 0.3) is 0 Å². The Morgan fingerprint density at radius 1 is 1.17 bits per heavy atom. The van der Waals surface area contributed by atoms with Crippen molar-refractivity contribution in [3.63, 3.8) is 0 Å². The summed E-state index contributed by atoms with van der Waals surface area (Å²) in [5, 5.41) is 17.9. The predicted octanol–water partition coefficient (Wildman–Crippen LogP) is 1.65. The maximum atomic E-state index is 10.5. The van der Waals surface area contributed by atoms with E-state index in [1.807, 2.05) is 20.8 Å². The van der Waals surface area contributed by atoms with Gasteiger partial charge in [-0.3, -0.25) is 0 Å². The number of hydrogen-bond donors (Lipinski definition) is 2. The maximum absolute atomic E-state index is 10.5. The van der Waals surface area contributed by atoms with Gasteiger partial charge < -0.3 is 10.2 Å². The first-order chi connectivity index (χ1) is 5.15. The number of aliphatic hydroxyl groups is 1. The number of hydrogen-bond acceptors (Lipinski definition) is 2. The van der Waals surface area contributed by atoms with Crippen LogP contribution in [0.4, 0.5) is 0 Å². The smallest absolute Gasteiger partial charge is 0.335 e. The van der Waals surface area contributed by atoms with Gasteiger partial charge in [0.15, 0.2) is 5.60 Å². The largest absolute Gasteiger partial charge is 0.479 e. The lowest BCUT2D eigenvalue weighted by atomic mass is 9.85. The van der Waals surface area contributed by atoms with Gasteiger partial charge in [0.2, 0.25) is 0 Å². The highest BCUT2D eigenvalue weighted by Gasteiger charge is 2.30. The second-order valence-corrected chi connectivity index (χ2v) is 4.64. The predicted molar refractivity (Wildman–Crippen MR) is 46.9 cm³/mol. The van der Waals surface area contributed by atoms with Crippen LogP contribution in [0, 0.1) is 5.41 Å². The summed E-state index contributed by atoms with van der Waals surface area (Å²) in [6.45, 7) is 7.39. The van der Waals surface area contributed by atoms with Crippen LogP contribution in [-0.2, 0) is 4.79 Å². The maximum Gasteiger partial charge on any atom is 0.335 e. The van der Waals surface area contributed by atoms with Crippen LogP contribution >= 0.6 is 0 Å². The van der Waals surface area contributed by atoms with Gasteiger partial charge >= 0.3 is 5.97 Å². The molecule has 0 heterocycles. The molecule has 0 aliphatic carbocycles. The highest BCUT2D eigenvalue weighted by Crippen LogP contribution is 2.25. The first-order valence-corrected chi connectivity index (χ1v) is 4.11. The lowest BCUT2D eigenvalue weighted by Gasteiger charge is -2.24. The van der Waals surface area contributed by atoms with Crippen molar-refractivity contribution in [1.29, 1.82) is 0 Å². The van der Waals surface area contributed by atoms with Gasteiger partial charge in [0.05, 0.1) is 0 Å². The molecular weight excluding hydrogens is 156 g/mol. The number of carboxylic acid groups (broad SMARTS) is 1. The van der Waals surface area contributed by atoms with E-state index in [2.05, 4.69) is 0 Å². The Bertz CT molecular complexity index is 165. The number of aliphatic carboxylic acids is 1. The highest BCUT2D eigenvalue weighted by atomic mass is 16.4. The van der Waals surface area contributed by atoms with E-state index >= 15 is 0 Å². The Morgan fingerprint density at radius 3 is 1.83 bits per heavy atom. The second kappa shape index (κ2) is 3.44. The van der Waals surface area contributed by atoms with E-state index in [0.717, 1.165) is 0 Å². The van der Waals surface area contributed by atoms with Crippen molar-refractivity contribution in [2.75, 3.05) is 0 Å². The minimum Gasteiger partial charge on any atom is -0.479 e. The van der Waals surface area contributed by atoms with E-state index in [-0.39, 0.29) is 5.41 Å². The standard InChI is InChI=1S/C9H18O3/c1-8(2,3)5-6-9(4,12)7(10)11/h12H,5-6H2,1-4H3,(H,10,11). The molecule has 0 aliphatic rings. The molecule has 12 heavy (non-hydrogen) atoms. The first-order valence-electron chi connectivity index (χ1n) is 4.11. The number of carbonyl (C=O) groups is 1. The molecule has 0 amide bonds. The molecule has 3 heteroatoms. The fraction of sp³-hybridized carbons (Fsp3) is 0.889. The summed E-state index contributed by atoms with van der Waals surface area (Å²) in [5.74, 6) is -1.15. The van der Waals surface area contributed by atoms with E-state index in [1.165, 1.54) is 6.92 Å². The molecule has 0 saturated heterocycles. The Morgan fingerprint density at radius 2 is 1.58 bits per heavy atom. The first kappa shape index (κ1) is 11.4. The summed E-state index contributed by atoms with van der Waals surface area (Å²) in [5.41, 5.74) is -1.51. The third kappa shape index (κ3) is 4.34. The second-order valence-electron chi connectivity index (χ2n) is 4.64. The van der Waals surface area contributed by atoms with Crippen LogP contribution in [-0.4, -0.2) is 21.8 Å². The van der Waals surface area contributed by atoms with E-state index < -0.39 is 11.6 Å². The molecule has 0 saturated carbocycles. The lowest BCUT2D eigenvalue weighted by molar-refractivity contribution is -0.157. The number of carboxylic acids is 1. The summed E-state index contributed by atoms with van der Waals surface area (Å²) in [7, 11) is 0. The molecule has 1 atom stereocenters. The van der Waals surface area contributed by atoms with E-state index in [0.29, 0.717) is 12.8 Å². The summed E-state index contributed by atoms with van der Waals surface area (Å²) in [6, 6.07) is 0. The summed E-state index contributed by atoms with van der Waals surface area (Å²) < 4.78 is 0. The Balaban J connectivity index is 4.01. The molecule has 72 valence electrons. The van der Waals surface area contributed by atoms with Crippen LogP contribution in [0.1, 0.15) is 40.5 Å². The normalized spacial score (nSPS) is 17.1. The zero-order valence-electron chi connectivity index (χ0n) is 8.22. The molecule has 0 aromatic rings. The molecule has 2 N–H and O–H groups in total. The van der Waals surface area contributed by atoms with Crippen molar-refractivity contribution < 1.29 is 15.0 Å². The fourth-order valence-electron chi connectivity index (χ4n) is 0.725. The van der Waals surface area contributed by atoms with Crippen LogP contribution in [0.15, 0.2) is 0 Å². The third-order valence-electron chi connectivity index (χ3n) is 1.82. The van der Waals surface area contributed by atoms with Gasteiger partial charge in [0, 0.05) is 0 Å². The van der Waals surface area contributed by atoms with Crippen molar-refractivity contribution in [3.8, 4) is 0 Å². The van der Waals surface area contributed by atoms with Crippen LogP contribution in [0.5, 0.6) is 0 Å². The molecule has 1 unspecified atom stereocenters. The molecular formula is C9H18O3. The molecule has 0 aromatic carbocycles. The molecule has 0 radical (unpaired) electrons. The minimum absolute atomic E-state index is 0.0689. The molecule has 0 aromatic heterocycles. The van der Waals surface area contributed by atoms with Crippen LogP contribution in [0.3, 0.4) is 0 Å². The van der Waals surface area contributed by atoms with Gasteiger partial charge in [-0.2, -0.15) is 0 Å². The third-order valence-corrected chi connectivity index (χ3v) is 1.82. The van der Waals surface area contributed by atoms with E-state index in [1.54, 1.807) is 0 Å². The van der Waals surface area contributed by atoms with Crippen molar-refractivity contribution in [2.24, 2.45) is 5.41 Å². The Labute approximate surface area is 73.4 Å². The van der Waals surface area contributed by atoms with E-state index in [9.17, 15) is 9.90 Å². The van der Waals surface area contributed by atoms with Gasteiger partial charge in [-0.15, -0.1) is 0 Å². The van der Waals surface area contributed by atoms with Gasteiger partial charge in [0.1, 0.15) is 0 Å². The molecule has 0 fully saturated rings. The van der Waals surface area contributed by atoms with Crippen molar-refractivity contribution in [2.45, 2.75) is 46.1 Å². The zero-order chi connectivity index (χ0) is 9.99. The van der Waals surface area contributed by atoms with Crippen LogP contribution in [0.2, 0.25) is 0 Å². The van der Waals surface area contributed by atoms with Gasteiger partial charge in [-0.25, -0.2) is 4.79 Å². The zero-order valence-corrected chi connectivity index (χ0v) is 8.22. The lowest BCUT2D eigenvalue weighted by Crippen LogP contribution is -2.35. The molecule has 3 nitrogen and oxygen atoms in total. The highest BCUT2D eigenvalue weighted by molar-refractivity contribution is 5.76. The summed E-state index contributed by atoms with van der Waals surface area (Å²) in [6.07, 6.45) is 0.998. The summed E-state index contributed by atoms with van der Waals surface area (Å²) >= 11 is 0. The van der Waals surface area contributed by atoms with Gasteiger partial charge in [-0.1, -0.05) is 20.8 Å². The average molecular weight is 174 g/mol. The fourth-order valence-corrected chi connectivity index (χ4v) is 0.725. The van der Waals surface area contributed by atoms with Gasteiger partial charge in [-0.05, 0) is 25.2 Å². The molecule has 0 rings (SSSR count). The average Bonchev–Trinajstić information content (AvgIpc) is 1.82. The molecule has 0 aliphatic heterocycles. The SMILES string of the molecule is CC(C)(C)CCC(C)(O)C(=O)O. The van der Waals surface area contributed by atoms with Crippen molar-refractivity contribution in [1.82, 2.24) is 0 Å². The Kier molecular flexibility index (Phi) is 3.27. The Hall–Kier alpha value is -0.570. The quantitative estimate of drug-likeness (QED) is 0.684. The molecule has 0 spiro atoms. The van der Waals surface area contributed by atoms with Crippen LogP contribution < -0.4 is 0 Å². The topological polar surface area (TPSA) is 57.5 Å². The van der Waals surface area contributed by atoms with Crippen molar-refractivity contribution >= 4 is 5.97 Å². The summed E-state index contributed by atoms with van der Waals surface area (Å²) in [4.78, 5) is 10.5. The van der Waals surface area contributed by atoms with E-state index in [4.69, 9.17) is 5.11 Å². The molecule has 0 bridgehead atoms.